The molecule has 2 N–H and O–H groups in total. The SMILES string of the molecule is O=C1C(=O)N(c2ccccc2O)C(c2ccccn2)/C1=C(/O)c1cccc([N+](=O)[O-])c1. The van der Waals surface area contributed by atoms with Crippen LogP contribution < -0.4 is 4.90 Å². The summed E-state index contributed by atoms with van der Waals surface area (Å²) in [6, 6.07) is 14.8. The molecule has 9 heteroatoms. The number of non-ortho nitro benzene ring substituents is 1. The molecule has 2 heterocycles. The number of phenols is 1. The molecule has 1 fully saturated rings. The number of para-hydroxylation sites is 2. The summed E-state index contributed by atoms with van der Waals surface area (Å²) in [5.41, 5.74) is -0.221. The van der Waals surface area contributed by atoms with Gasteiger partial charge in [-0.1, -0.05) is 30.3 Å². The molecule has 1 aliphatic heterocycles. The molecule has 1 atom stereocenters. The predicted octanol–water partition coefficient (Wildman–Crippen LogP) is 3.32. The van der Waals surface area contributed by atoms with Gasteiger partial charge < -0.3 is 10.2 Å². The number of aromatic hydroxyl groups is 1. The Bertz CT molecular complexity index is 1240. The highest BCUT2D eigenvalue weighted by Gasteiger charge is 2.48. The number of aliphatic hydroxyl groups is 1. The van der Waals surface area contributed by atoms with Crippen molar-refractivity contribution in [3.63, 3.8) is 0 Å². The molecule has 4 rings (SSSR count). The van der Waals surface area contributed by atoms with E-state index in [1.54, 1.807) is 30.3 Å². The number of anilines is 1. The fourth-order valence-electron chi connectivity index (χ4n) is 3.49. The predicted molar refractivity (Wildman–Crippen MR) is 110 cm³/mol. The topological polar surface area (TPSA) is 134 Å². The van der Waals surface area contributed by atoms with Crippen LogP contribution in [0.3, 0.4) is 0 Å². The first-order valence-corrected chi connectivity index (χ1v) is 9.15. The molecular weight excluding hydrogens is 402 g/mol. The molecule has 0 radical (unpaired) electrons. The molecule has 1 unspecified atom stereocenters. The standard InChI is InChI=1S/C22H15N3O6/c26-17-10-2-1-9-16(17)24-19(15-8-3-4-11-23-15)18(21(28)22(24)29)20(27)13-6-5-7-14(12-13)25(30)31/h1-12,19,26-27H/b20-18-. The Morgan fingerprint density at radius 1 is 1.03 bits per heavy atom. The molecule has 0 spiro atoms. The lowest BCUT2D eigenvalue weighted by Crippen LogP contribution is -2.29. The minimum atomic E-state index is -1.14. The number of rotatable bonds is 4. The zero-order valence-corrected chi connectivity index (χ0v) is 15.9. The Morgan fingerprint density at radius 2 is 1.77 bits per heavy atom. The molecule has 1 aliphatic rings. The lowest BCUT2D eigenvalue weighted by Gasteiger charge is -2.25. The van der Waals surface area contributed by atoms with Gasteiger partial charge in [0, 0.05) is 23.9 Å². The highest BCUT2D eigenvalue weighted by molar-refractivity contribution is 6.51. The van der Waals surface area contributed by atoms with Crippen LogP contribution >= 0.6 is 0 Å². The zero-order valence-electron chi connectivity index (χ0n) is 15.9. The van der Waals surface area contributed by atoms with Gasteiger partial charge >= 0.3 is 0 Å². The zero-order chi connectivity index (χ0) is 22.1. The van der Waals surface area contributed by atoms with Crippen molar-refractivity contribution in [2.45, 2.75) is 6.04 Å². The number of phenolic OH excluding ortho intramolecular Hbond substituents is 1. The van der Waals surface area contributed by atoms with Crippen molar-refractivity contribution in [3.05, 3.63) is 99.9 Å². The summed E-state index contributed by atoms with van der Waals surface area (Å²) in [5, 5.41) is 32.4. The number of hydrogen-bond donors (Lipinski definition) is 2. The van der Waals surface area contributed by atoms with E-state index in [1.165, 1.54) is 36.5 Å². The summed E-state index contributed by atoms with van der Waals surface area (Å²) in [6.45, 7) is 0. The van der Waals surface area contributed by atoms with Gasteiger partial charge in [0.15, 0.2) is 0 Å². The van der Waals surface area contributed by atoms with Gasteiger partial charge in [-0.25, -0.2) is 0 Å². The van der Waals surface area contributed by atoms with Gasteiger partial charge in [-0.3, -0.25) is 29.6 Å². The van der Waals surface area contributed by atoms with E-state index in [0.29, 0.717) is 0 Å². The highest BCUT2D eigenvalue weighted by Crippen LogP contribution is 2.44. The van der Waals surface area contributed by atoms with E-state index < -0.39 is 28.4 Å². The molecular formula is C22H15N3O6. The fraction of sp³-hybridized carbons (Fsp3) is 0.0455. The van der Waals surface area contributed by atoms with Crippen molar-refractivity contribution in [3.8, 4) is 5.75 Å². The van der Waals surface area contributed by atoms with Crippen molar-refractivity contribution in [2.24, 2.45) is 0 Å². The van der Waals surface area contributed by atoms with Gasteiger partial charge in [-0.2, -0.15) is 0 Å². The summed E-state index contributed by atoms with van der Waals surface area (Å²) < 4.78 is 0. The number of ketones is 1. The molecule has 3 aromatic rings. The molecule has 154 valence electrons. The average Bonchev–Trinajstić information content (AvgIpc) is 3.05. The first-order chi connectivity index (χ1) is 14.9. The third kappa shape index (κ3) is 3.38. The van der Waals surface area contributed by atoms with Crippen LogP contribution in [0.4, 0.5) is 11.4 Å². The molecule has 1 aromatic heterocycles. The molecule has 2 aromatic carbocycles. The number of amides is 1. The minimum absolute atomic E-state index is 0.00501. The lowest BCUT2D eigenvalue weighted by molar-refractivity contribution is -0.384. The number of nitro benzene ring substituents is 1. The van der Waals surface area contributed by atoms with Gasteiger partial charge in [0.05, 0.1) is 21.9 Å². The van der Waals surface area contributed by atoms with Crippen LogP contribution in [0.5, 0.6) is 5.75 Å². The van der Waals surface area contributed by atoms with Crippen LogP contribution in [0, 0.1) is 10.1 Å². The summed E-state index contributed by atoms with van der Waals surface area (Å²) in [7, 11) is 0. The van der Waals surface area contributed by atoms with Crippen LogP contribution in [0.2, 0.25) is 0 Å². The molecule has 9 nitrogen and oxygen atoms in total. The smallest absolute Gasteiger partial charge is 0.300 e. The number of nitro groups is 1. The van der Waals surface area contributed by atoms with E-state index in [2.05, 4.69) is 4.98 Å². The second kappa shape index (κ2) is 7.71. The van der Waals surface area contributed by atoms with E-state index in [1.807, 2.05) is 0 Å². The third-order valence-corrected chi connectivity index (χ3v) is 4.88. The number of hydrogen-bond acceptors (Lipinski definition) is 7. The molecule has 31 heavy (non-hydrogen) atoms. The second-order valence-electron chi connectivity index (χ2n) is 6.72. The quantitative estimate of drug-likeness (QED) is 0.219. The number of benzene rings is 2. The summed E-state index contributed by atoms with van der Waals surface area (Å²) in [5.74, 6) is -2.77. The van der Waals surface area contributed by atoms with Gasteiger partial charge in [0.2, 0.25) is 0 Å². The largest absolute Gasteiger partial charge is 0.507 e. The Balaban J connectivity index is 1.96. The lowest BCUT2D eigenvalue weighted by atomic mass is 9.98. The Hall–Kier alpha value is -4.53. The number of carbonyl (C=O) groups excluding carboxylic acids is 2. The number of nitrogens with zero attached hydrogens (tertiary/aromatic N) is 3. The third-order valence-electron chi connectivity index (χ3n) is 4.88. The molecule has 1 amide bonds. The number of carbonyl (C=O) groups is 2. The maximum atomic E-state index is 13.0. The van der Waals surface area contributed by atoms with Gasteiger partial charge in [-0.15, -0.1) is 0 Å². The number of aliphatic hydroxyl groups excluding tert-OH is 1. The molecule has 0 aliphatic carbocycles. The van der Waals surface area contributed by atoms with Gasteiger partial charge in [0.1, 0.15) is 17.6 Å². The highest BCUT2D eigenvalue weighted by atomic mass is 16.6. The van der Waals surface area contributed by atoms with Crippen molar-refractivity contribution < 1.29 is 24.7 Å². The van der Waals surface area contributed by atoms with Crippen LogP contribution in [0.25, 0.3) is 5.76 Å². The fourth-order valence-corrected chi connectivity index (χ4v) is 3.49. The average molecular weight is 417 g/mol. The molecule has 0 saturated carbocycles. The Labute approximate surface area is 175 Å². The maximum absolute atomic E-state index is 13.0. The van der Waals surface area contributed by atoms with Crippen LogP contribution in [0.1, 0.15) is 17.3 Å². The monoisotopic (exact) mass is 417 g/mol. The van der Waals surface area contributed by atoms with Crippen molar-refractivity contribution >= 4 is 28.8 Å². The first-order valence-electron chi connectivity index (χ1n) is 9.15. The Kier molecular flexibility index (Phi) is 4.92. The van der Waals surface area contributed by atoms with E-state index in [0.717, 1.165) is 11.0 Å². The van der Waals surface area contributed by atoms with E-state index in [-0.39, 0.29) is 34.0 Å². The number of Topliss-reactive ketones (excluding diaryl/α,β-unsaturated/α-hetero) is 1. The van der Waals surface area contributed by atoms with Crippen molar-refractivity contribution in [1.29, 1.82) is 0 Å². The van der Waals surface area contributed by atoms with E-state index in [9.17, 15) is 29.9 Å². The van der Waals surface area contributed by atoms with Crippen molar-refractivity contribution in [1.82, 2.24) is 4.98 Å². The summed E-state index contributed by atoms with van der Waals surface area (Å²) in [4.78, 5) is 41.7. The number of aromatic nitrogens is 1. The maximum Gasteiger partial charge on any atom is 0.300 e. The minimum Gasteiger partial charge on any atom is -0.507 e. The molecule has 0 bridgehead atoms. The van der Waals surface area contributed by atoms with Crippen LogP contribution in [0.15, 0.2) is 78.5 Å². The number of pyridine rings is 1. The Morgan fingerprint density at radius 3 is 2.45 bits per heavy atom. The normalized spacial score (nSPS) is 17.7. The molecule has 1 saturated heterocycles. The van der Waals surface area contributed by atoms with E-state index in [4.69, 9.17) is 0 Å². The summed E-state index contributed by atoms with van der Waals surface area (Å²) >= 11 is 0. The van der Waals surface area contributed by atoms with Gasteiger partial charge in [-0.05, 0) is 24.3 Å². The van der Waals surface area contributed by atoms with Crippen molar-refractivity contribution in [2.75, 3.05) is 4.90 Å². The van der Waals surface area contributed by atoms with Gasteiger partial charge in [0.25, 0.3) is 17.4 Å². The van der Waals surface area contributed by atoms with E-state index >= 15 is 0 Å². The van der Waals surface area contributed by atoms with Crippen LogP contribution in [-0.4, -0.2) is 31.8 Å². The summed E-state index contributed by atoms with van der Waals surface area (Å²) in [6.07, 6.45) is 1.47. The van der Waals surface area contributed by atoms with Crippen LogP contribution in [-0.2, 0) is 9.59 Å². The first kappa shape index (κ1) is 19.8. The second-order valence-corrected chi connectivity index (χ2v) is 6.72.